The molecule has 7 heteroatoms. The Balaban J connectivity index is 1.12. The summed E-state index contributed by atoms with van der Waals surface area (Å²) in [7, 11) is 6.62. The summed E-state index contributed by atoms with van der Waals surface area (Å²) < 4.78 is 7.02. The molecule has 0 spiro atoms. The first-order chi connectivity index (χ1) is 26.4. The average Bonchev–Trinajstić information content (AvgIpc) is 3.62. The van der Waals surface area contributed by atoms with Gasteiger partial charge in [0, 0.05) is 63.8 Å². The minimum absolute atomic E-state index is 0.150. The highest BCUT2D eigenvalue weighted by Crippen LogP contribution is 2.43. The van der Waals surface area contributed by atoms with Crippen molar-refractivity contribution in [2.45, 2.75) is 63.6 Å². The molecule has 2 unspecified atom stereocenters. The molecule has 0 N–H and O–H groups in total. The van der Waals surface area contributed by atoms with Crippen LogP contribution in [0.2, 0.25) is 5.02 Å². The lowest BCUT2D eigenvalue weighted by Gasteiger charge is -2.41. The van der Waals surface area contributed by atoms with Gasteiger partial charge < -0.3 is 14.2 Å². The largest absolute Gasteiger partial charge is 0.423 e. The van der Waals surface area contributed by atoms with Gasteiger partial charge in [-0.05, 0) is 86.0 Å². The molecule has 1 aromatic heterocycles. The van der Waals surface area contributed by atoms with Crippen LogP contribution in [0.5, 0.6) is 0 Å². The summed E-state index contributed by atoms with van der Waals surface area (Å²) in [5, 5.41) is 0.802. The predicted molar refractivity (Wildman–Crippen MR) is 223 cm³/mol. The van der Waals surface area contributed by atoms with Crippen molar-refractivity contribution in [1.29, 1.82) is 0 Å². The van der Waals surface area contributed by atoms with Crippen LogP contribution in [-0.4, -0.2) is 73.6 Å². The number of nitrogens with zero attached hydrogens (tertiary/aromatic N) is 5. The molecule has 0 bridgehead atoms. The molecule has 0 radical (unpaired) electrons. The fourth-order valence-corrected chi connectivity index (χ4v) is 9.06. The number of rotatable bonds is 15. The first-order valence-corrected chi connectivity index (χ1v) is 20.5. The molecule has 2 atom stereocenters. The zero-order chi connectivity index (χ0) is 37.3. The van der Waals surface area contributed by atoms with Crippen LogP contribution < -0.4 is 4.90 Å². The third-order valence-corrected chi connectivity index (χ3v) is 12.1. The molecule has 1 aliphatic carbocycles. The van der Waals surface area contributed by atoms with Crippen molar-refractivity contribution in [3.63, 3.8) is 0 Å². The van der Waals surface area contributed by atoms with Gasteiger partial charge in [0.15, 0.2) is 0 Å². The minimum atomic E-state index is 0.150. The first kappa shape index (κ1) is 38.3. The number of anilines is 1. The normalized spacial score (nSPS) is 19.5. The van der Waals surface area contributed by atoms with Crippen LogP contribution in [0.25, 0.3) is 0 Å². The number of hydrogen-bond donors (Lipinski definition) is 0. The second-order valence-electron chi connectivity index (χ2n) is 15.9. The van der Waals surface area contributed by atoms with E-state index in [1.54, 1.807) is 0 Å². The molecule has 2 fully saturated rings. The number of oxazole rings is 1. The maximum Gasteiger partial charge on any atom is 0.219 e. The molecule has 284 valence electrons. The van der Waals surface area contributed by atoms with Crippen molar-refractivity contribution >= 4 is 17.5 Å². The number of piperazine rings is 1. The molecule has 1 saturated carbocycles. The Hall–Kier alpha value is -3.94. The third kappa shape index (κ3) is 10.0. The van der Waals surface area contributed by atoms with Crippen LogP contribution in [0.4, 0.5) is 5.88 Å². The van der Waals surface area contributed by atoms with Crippen molar-refractivity contribution in [2.24, 2.45) is 11.8 Å². The second-order valence-corrected chi connectivity index (χ2v) is 16.3. The molecule has 54 heavy (non-hydrogen) atoms. The van der Waals surface area contributed by atoms with E-state index in [1.165, 1.54) is 47.9 Å². The second kappa shape index (κ2) is 18.6. The number of halogens is 1. The van der Waals surface area contributed by atoms with E-state index in [1.807, 2.05) is 12.1 Å². The summed E-state index contributed by atoms with van der Waals surface area (Å²) >= 11 is 6.28. The minimum Gasteiger partial charge on any atom is -0.423 e. The quantitative estimate of drug-likeness (QED) is 0.106. The highest BCUT2D eigenvalue weighted by atomic mass is 35.5. The molecule has 1 aliphatic heterocycles. The van der Waals surface area contributed by atoms with E-state index in [0.29, 0.717) is 17.9 Å². The monoisotopic (exact) mass is 743 g/mol. The van der Waals surface area contributed by atoms with E-state index in [4.69, 9.17) is 21.0 Å². The number of likely N-dealkylation sites (N-methyl/N-ethyl adjacent to an activating group) is 1. The van der Waals surface area contributed by atoms with Crippen LogP contribution in [0, 0.1) is 11.8 Å². The standard InChI is InChI=1S/C47H58ClN5O/c1-50(2)45(41-23-25-42(48)26-24-41)40-21-19-38(20-22-40)34-44(53-31-29-52(30-32-53)35-39-17-11-6-12-18-39)46-49-43(33-37-15-9-5-10-16-37)47(54-46)51(3)28-27-36-13-7-4-8-14-36/h4-18,23-26,38,40,44-45H,19-22,27-35H2,1-3H3. The van der Waals surface area contributed by atoms with Gasteiger partial charge in [-0.25, -0.2) is 4.98 Å². The van der Waals surface area contributed by atoms with Gasteiger partial charge in [-0.1, -0.05) is 128 Å². The Labute approximate surface area is 328 Å². The molecule has 6 nitrogen and oxygen atoms in total. The van der Waals surface area contributed by atoms with E-state index in [0.717, 1.165) is 81.0 Å². The lowest BCUT2D eigenvalue weighted by molar-refractivity contribution is 0.0594. The predicted octanol–water partition coefficient (Wildman–Crippen LogP) is 9.96. The van der Waals surface area contributed by atoms with E-state index in [2.05, 4.69) is 144 Å². The summed E-state index contributed by atoms with van der Waals surface area (Å²) in [4.78, 5) is 15.4. The van der Waals surface area contributed by atoms with Crippen molar-refractivity contribution in [3.05, 3.63) is 154 Å². The summed E-state index contributed by atoms with van der Waals surface area (Å²) in [5.41, 5.74) is 6.39. The van der Waals surface area contributed by atoms with Crippen LogP contribution in [0.15, 0.2) is 120 Å². The lowest BCUT2D eigenvalue weighted by atomic mass is 9.74. The SMILES string of the molecule is CN(CCc1ccccc1)c1oc(C(CC2CCC(C(c3ccc(Cl)cc3)N(C)C)CC2)N2CCN(Cc3ccccc3)CC2)nc1Cc1ccccc1. The van der Waals surface area contributed by atoms with Gasteiger partial charge in [-0.2, -0.15) is 0 Å². The molecule has 7 rings (SSSR count). The maximum atomic E-state index is 7.02. The van der Waals surface area contributed by atoms with Crippen LogP contribution in [-0.2, 0) is 19.4 Å². The summed E-state index contributed by atoms with van der Waals surface area (Å²) in [6.45, 7) is 5.99. The molecule has 0 amide bonds. The summed E-state index contributed by atoms with van der Waals surface area (Å²) in [6, 6.07) is 41.5. The highest BCUT2D eigenvalue weighted by Gasteiger charge is 2.36. The Morgan fingerprint density at radius 2 is 1.31 bits per heavy atom. The summed E-state index contributed by atoms with van der Waals surface area (Å²) in [6.07, 6.45) is 7.71. The van der Waals surface area contributed by atoms with Crippen molar-refractivity contribution in [2.75, 3.05) is 58.8 Å². The van der Waals surface area contributed by atoms with E-state index >= 15 is 0 Å². The molecular formula is C47H58ClN5O. The van der Waals surface area contributed by atoms with Gasteiger partial charge in [0.1, 0.15) is 5.69 Å². The maximum absolute atomic E-state index is 7.02. The molecule has 1 saturated heterocycles. The highest BCUT2D eigenvalue weighted by molar-refractivity contribution is 6.30. The Morgan fingerprint density at radius 1 is 0.722 bits per heavy atom. The zero-order valence-electron chi connectivity index (χ0n) is 32.5. The Morgan fingerprint density at radius 3 is 1.93 bits per heavy atom. The van der Waals surface area contributed by atoms with E-state index < -0.39 is 0 Å². The summed E-state index contributed by atoms with van der Waals surface area (Å²) in [5.74, 6) is 3.07. The van der Waals surface area contributed by atoms with Gasteiger partial charge in [0.25, 0.3) is 0 Å². The number of hydrogen-bond acceptors (Lipinski definition) is 6. The smallest absolute Gasteiger partial charge is 0.219 e. The molecule has 2 heterocycles. The fourth-order valence-electron chi connectivity index (χ4n) is 8.94. The van der Waals surface area contributed by atoms with Gasteiger partial charge in [0.2, 0.25) is 11.8 Å². The Bertz CT molecular complexity index is 1830. The zero-order valence-corrected chi connectivity index (χ0v) is 33.2. The topological polar surface area (TPSA) is 39.0 Å². The van der Waals surface area contributed by atoms with Gasteiger partial charge in [-0.3, -0.25) is 9.80 Å². The number of aromatic nitrogens is 1. The van der Waals surface area contributed by atoms with Crippen molar-refractivity contribution < 1.29 is 4.42 Å². The van der Waals surface area contributed by atoms with Crippen LogP contribution in [0.3, 0.4) is 0 Å². The van der Waals surface area contributed by atoms with E-state index in [9.17, 15) is 0 Å². The lowest BCUT2D eigenvalue weighted by Crippen LogP contribution is -2.47. The molecular weight excluding hydrogens is 686 g/mol. The van der Waals surface area contributed by atoms with Crippen molar-refractivity contribution in [1.82, 2.24) is 19.7 Å². The number of benzene rings is 4. The molecule has 5 aromatic rings. The fraction of sp³-hybridized carbons (Fsp3) is 0.426. The third-order valence-electron chi connectivity index (χ3n) is 11.9. The van der Waals surface area contributed by atoms with Crippen LogP contribution >= 0.6 is 11.6 Å². The first-order valence-electron chi connectivity index (χ1n) is 20.1. The Kier molecular flexibility index (Phi) is 13.2. The van der Waals surface area contributed by atoms with Crippen LogP contribution in [0.1, 0.15) is 78.0 Å². The van der Waals surface area contributed by atoms with Gasteiger partial charge >= 0.3 is 0 Å². The average molecular weight is 744 g/mol. The molecule has 4 aromatic carbocycles. The van der Waals surface area contributed by atoms with Crippen molar-refractivity contribution in [3.8, 4) is 0 Å². The van der Waals surface area contributed by atoms with Gasteiger partial charge in [-0.15, -0.1) is 0 Å². The van der Waals surface area contributed by atoms with E-state index in [-0.39, 0.29) is 6.04 Å². The van der Waals surface area contributed by atoms with Gasteiger partial charge in [0.05, 0.1) is 6.04 Å². The molecule has 2 aliphatic rings.